The largest absolute Gasteiger partial charge is 0.476 e. The Bertz CT molecular complexity index is 1000. The fraction of sp³-hybridized carbons (Fsp3) is 0.316. The molecule has 8 heteroatoms. The van der Waals surface area contributed by atoms with Crippen molar-refractivity contribution in [1.29, 1.82) is 0 Å². The number of hydrogen-bond acceptors (Lipinski definition) is 4. The highest BCUT2D eigenvalue weighted by atomic mass is 32.2. The van der Waals surface area contributed by atoms with Gasteiger partial charge in [0.05, 0.1) is 17.6 Å². The molecule has 2 aromatic carbocycles. The number of amides is 1. The molecule has 0 aliphatic carbocycles. The zero-order chi connectivity index (χ0) is 20.0. The van der Waals surface area contributed by atoms with Crippen molar-refractivity contribution in [2.45, 2.75) is 32.8 Å². The van der Waals surface area contributed by atoms with Crippen LogP contribution in [0.5, 0.6) is 5.75 Å². The van der Waals surface area contributed by atoms with Gasteiger partial charge in [0.2, 0.25) is 10.0 Å². The van der Waals surface area contributed by atoms with Gasteiger partial charge in [-0.3, -0.25) is 14.4 Å². The molecule has 6 nitrogen and oxygen atoms in total. The number of nitrogens with one attached hydrogen (secondary N) is 1. The van der Waals surface area contributed by atoms with Gasteiger partial charge in [-0.15, -0.1) is 0 Å². The summed E-state index contributed by atoms with van der Waals surface area (Å²) in [5.41, 5.74) is 0.963. The predicted molar refractivity (Wildman–Crippen MR) is 103 cm³/mol. The van der Waals surface area contributed by atoms with Crippen molar-refractivity contribution < 1.29 is 22.3 Å². The molecule has 27 heavy (non-hydrogen) atoms. The molecule has 0 spiro atoms. The van der Waals surface area contributed by atoms with Crippen LogP contribution in [0.15, 0.2) is 36.4 Å². The molecule has 3 rings (SSSR count). The Labute approximate surface area is 158 Å². The molecule has 0 saturated heterocycles. The van der Waals surface area contributed by atoms with Crippen LogP contribution < -0.4 is 14.4 Å². The van der Waals surface area contributed by atoms with E-state index in [1.165, 1.54) is 29.2 Å². The first-order valence-electron chi connectivity index (χ1n) is 8.45. The Morgan fingerprint density at radius 2 is 1.81 bits per heavy atom. The van der Waals surface area contributed by atoms with E-state index in [-0.39, 0.29) is 5.91 Å². The van der Waals surface area contributed by atoms with Gasteiger partial charge >= 0.3 is 0 Å². The highest BCUT2D eigenvalue weighted by Gasteiger charge is 2.42. The number of benzene rings is 2. The number of nitrogens with zero attached hydrogens (tertiary/aromatic N) is 1. The molecule has 0 atom stereocenters. The fourth-order valence-electron chi connectivity index (χ4n) is 3.07. The number of anilines is 3. The maximum Gasteiger partial charge on any atom is 0.275 e. The maximum atomic E-state index is 13.4. The van der Waals surface area contributed by atoms with E-state index in [0.29, 0.717) is 29.2 Å². The van der Waals surface area contributed by atoms with Gasteiger partial charge in [-0.25, -0.2) is 12.8 Å². The Morgan fingerprint density at radius 1 is 1.19 bits per heavy atom. The molecule has 0 fully saturated rings. The number of fused-ring (bicyclic) bond motifs is 1. The molecule has 1 heterocycles. The normalized spacial score (nSPS) is 15.9. The summed E-state index contributed by atoms with van der Waals surface area (Å²) < 4.78 is 44.9. The van der Waals surface area contributed by atoms with E-state index in [4.69, 9.17) is 4.74 Å². The maximum absolute atomic E-state index is 13.4. The van der Waals surface area contributed by atoms with Crippen LogP contribution in [0.25, 0.3) is 0 Å². The summed E-state index contributed by atoms with van der Waals surface area (Å²) in [5.74, 6) is -0.308. The summed E-state index contributed by atoms with van der Waals surface area (Å²) in [6.45, 7) is 5.17. The molecule has 2 aromatic rings. The molecule has 0 unspecified atom stereocenters. The second-order valence-electron chi connectivity index (χ2n) is 6.94. The van der Waals surface area contributed by atoms with E-state index in [2.05, 4.69) is 4.72 Å². The lowest BCUT2D eigenvalue weighted by molar-refractivity contribution is -0.131. The van der Waals surface area contributed by atoms with E-state index < -0.39 is 21.4 Å². The van der Waals surface area contributed by atoms with Crippen molar-refractivity contribution >= 4 is 33.0 Å². The molecule has 1 aliphatic rings. The van der Waals surface area contributed by atoms with Gasteiger partial charge < -0.3 is 4.74 Å². The summed E-state index contributed by atoms with van der Waals surface area (Å²) in [6, 6.07) is 8.86. The van der Waals surface area contributed by atoms with Crippen LogP contribution in [-0.2, 0) is 21.2 Å². The minimum Gasteiger partial charge on any atom is -0.476 e. The van der Waals surface area contributed by atoms with Gasteiger partial charge in [-0.05, 0) is 56.2 Å². The molecular formula is C19H21FN2O4S. The monoisotopic (exact) mass is 392 g/mol. The van der Waals surface area contributed by atoms with Crippen molar-refractivity contribution in [3.63, 3.8) is 0 Å². The summed E-state index contributed by atoms with van der Waals surface area (Å²) >= 11 is 0. The van der Waals surface area contributed by atoms with Crippen LogP contribution in [0.1, 0.15) is 26.3 Å². The lowest BCUT2D eigenvalue weighted by Crippen LogP contribution is -2.50. The minimum absolute atomic E-state index is 0.292. The Balaban J connectivity index is 2.23. The molecule has 0 radical (unpaired) electrons. The molecule has 1 amide bonds. The third-order valence-electron chi connectivity index (χ3n) is 4.23. The zero-order valence-corrected chi connectivity index (χ0v) is 16.4. The van der Waals surface area contributed by atoms with E-state index >= 15 is 0 Å². The van der Waals surface area contributed by atoms with Gasteiger partial charge in [-0.1, -0.05) is 6.92 Å². The second kappa shape index (κ2) is 6.53. The molecule has 0 saturated carbocycles. The Kier molecular flexibility index (Phi) is 4.63. The summed E-state index contributed by atoms with van der Waals surface area (Å²) in [4.78, 5) is 14.6. The van der Waals surface area contributed by atoms with E-state index in [9.17, 15) is 17.6 Å². The summed E-state index contributed by atoms with van der Waals surface area (Å²) in [6.07, 6.45) is 1.60. The van der Waals surface area contributed by atoms with Crippen molar-refractivity contribution in [3.05, 3.63) is 47.8 Å². The lowest BCUT2D eigenvalue weighted by Gasteiger charge is -2.40. The van der Waals surface area contributed by atoms with Gasteiger partial charge in [0.25, 0.3) is 5.91 Å². The summed E-state index contributed by atoms with van der Waals surface area (Å²) in [5, 5.41) is 0. The lowest BCUT2D eigenvalue weighted by atomic mass is 9.99. The third-order valence-corrected chi connectivity index (χ3v) is 4.84. The number of hydrogen-bond donors (Lipinski definition) is 1. The first kappa shape index (κ1) is 19.2. The Hall–Kier alpha value is -2.61. The minimum atomic E-state index is -3.47. The summed E-state index contributed by atoms with van der Waals surface area (Å²) in [7, 11) is -3.47. The van der Waals surface area contributed by atoms with E-state index in [1.54, 1.807) is 26.0 Å². The molecule has 0 bridgehead atoms. The molecule has 0 aromatic heterocycles. The fourth-order valence-corrected chi connectivity index (χ4v) is 3.61. The van der Waals surface area contributed by atoms with Crippen molar-refractivity contribution in [1.82, 2.24) is 0 Å². The van der Waals surface area contributed by atoms with Gasteiger partial charge in [-0.2, -0.15) is 0 Å². The average Bonchev–Trinajstić information content (AvgIpc) is 2.55. The highest BCUT2D eigenvalue weighted by molar-refractivity contribution is 7.92. The van der Waals surface area contributed by atoms with Crippen molar-refractivity contribution in [2.75, 3.05) is 15.9 Å². The highest BCUT2D eigenvalue weighted by Crippen LogP contribution is 2.46. The molecule has 144 valence electrons. The van der Waals surface area contributed by atoms with Crippen LogP contribution >= 0.6 is 0 Å². The first-order chi connectivity index (χ1) is 12.5. The number of carbonyl (C=O) groups is 1. The SMILES string of the molecule is CCc1cc(NS(C)(=O)=O)cc2c1N(c1ccc(F)cc1)C(=O)C(C)(C)O2. The Morgan fingerprint density at radius 3 is 2.37 bits per heavy atom. The predicted octanol–water partition coefficient (Wildman–Crippen LogP) is 3.60. The average molecular weight is 392 g/mol. The number of ether oxygens (including phenoxy) is 1. The third kappa shape index (κ3) is 3.75. The van der Waals surface area contributed by atoms with Gasteiger partial charge in [0.1, 0.15) is 11.6 Å². The first-order valence-corrected chi connectivity index (χ1v) is 10.3. The standard InChI is InChI=1S/C19H21FN2O4S/c1-5-12-10-14(21-27(4,24)25)11-16-17(12)22(18(23)19(2,3)26-16)15-8-6-13(20)7-9-15/h6-11,21H,5H2,1-4H3. The van der Waals surface area contributed by atoms with Crippen LogP contribution in [0, 0.1) is 5.82 Å². The van der Waals surface area contributed by atoms with Crippen LogP contribution in [-0.4, -0.2) is 26.2 Å². The molecular weight excluding hydrogens is 371 g/mol. The van der Waals surface area contributed by atoms with Crippen molar-refractivity contribution in [2.24, 2.45) is 0 Å². The molecule has 1 N–H and O–H groups in total. The second-order valence-corrected chi connectivity index (χ2v) is 8.69. The molecule has 1 aliphatic heterocycles. The number of rotatable bonds is 4. The van der Waals surface area contributed by atoms with Crippen LogP contribution in [0.4, 0.5) is 21.5 Å². The topological polar surface area (TPSA) is 75.7 Å². The van der Waals surface area contributed by atoms with Crippen molar-refractivity contribution in [3.8, 4) is 5.75 Å². The van der Waals surface area contributed by atoms with Gasteiger partial charge in [0.15, 0.2) is 5.60 Å². The number of sulfonamides is 1. The zero-order valence-electron chi connectivity index (χ0n) is 15.5. The quantitative estimate of drug-likeness (QED) is 0.863. The van der Waals surface area contributed by atoms with Crippen LogP contribution in [0.3, 0.4) is 0 Å². The number of halogens is 1. The van der Waals surface area contributed by atoms with Gasteiger partial charge in [0, 0.05) is 11.8 Å². The number of carbonyl (C=O) groups excluding carboxylic acids is 1. The van der Waals surface area contributed by atoms with Crippen LogP contribution in [0.2, 0.25) is 0 Å². The van der Waals surface area contributed by atoms with E-state index in [1.807, 2.05) is 6.92 Å². The smallest absolute Gasteiger partial charge is 0.275 e. The van der Waals surface area contributed by atoms with E-state index in [0.717, 1.165) is 11.8 Å². The number of aryl methyl sites for hydroxylation is 1.